The minimum absolute atomic E-state index is 0.857. The van der Waals surface area contributed by atoms with E-state index in [-0.39, 0.29) is 0 Å². The maximum atomic E-state index is 2.48. The first kappa shape index (κ1) is 20.0. The molecule has 0 aromatic carbocycles. The van der Waals surface area contributed by atoms with Gasteiger partial charge in [-0.1, -0.05) is 88.0 Å². The lowest BCUT2D eigenvalue weighted by Gasteiger charge is -2.32. The molecule has 0 N–H and O–H groups in total. The summed E-state index contributed by atoms with van der Waals surface area (Å²) in [5.74, 6) is 6.06. The first-order valence-corrected chi connectivity index (χ1v) is 9.26. The number of rotatable bonds is 10. The maximum absolute atomic E-state index is 2.48. The van der Waals surface area contributed by atoms with Gasteiger partial charge < -0.3 is 0 Å². The summed E-state index contributed by atoms with van der Waals surface area (Å²) >= 11 is 0. The molecule has 122 valence electrons. The molecular formula is C20H42. The molecule has 0 rings (SSSR count). The van der Waals surface area contributed by atoms with Gasteiger partial charge in [0.05, 0.1) is 0 Å². The predicted molar refractivity (Wildman–Crippen MR) is 94.0 cm³/mol. The molecule has 0 heterocycles. The van der Waals surface area contributed by atoms with Crippen molar-refractivity contribution in [1.29, 1.82) is 0 Å². The molecule has 0 aromatic rings. The van der Waals surface area contributed by atoms with Crippen molar-refractivity contribution in [2.75, 3.05) is 0 Å². The summed E-state index contributed by atoms with van der Waals surface area (Å²) in [6.07, 6.45) is 5.45. The molecule has 0 nitrogen and oxygen atoms in total. The Balaban J connectivity index is 4.24. The highest BCUT2D eigenvalue weighted by Crippen LogP contribution is 2.33. The van der Waals surface area contributed by atoms with Gasteiger partial charge in [-0.3, -0.25) is 0 Å². The molecule has 0 amide bonds. The third-order valence-corrected chi connectivity index (χ3v) is 6.78. The summed E-state index contributed by atoms with van der Waals surface area (Å²) in [6.45, 7) is 21.8. The Bertz CT molecular complexity index is 232. The van der Waals surface area contributed by atoms with Gasteiger partial charge >= 0.3 is 0 Å². The van der Waals surface area contributed by atoms with Crippen molar-refractivity contribution < 1.29 is 0 Å². The largest absolute Gasteiger partial charge is 0.0651 e. The van der Waals surface area contributed by atoms with E-state index >= 15 is 0 Å². The van der Waals surface area contributed by atoms with Crippen molar-refractivity contribution in [3.8, 4) is 0 Å². The Morgan fingerprint density at radius 1 is 0.450 bits per heavy atom. The molecule has 0 spiro atoms. The van der Waals surface area contributed by atoms with E-state index in [1.54, 1.807) is 0 Å². The van der Waals surface area contributed by atoms with Gasteiger partial charge in [0.1, 0.15) is 0 Å². The van der Waals surface area contributed by atoms with E-state index in [4.69, 9.17) is 0 Å². The number of hydrogen-bond acceptors (Lipinski definition) is 0. The van der Waals surface area contributed by atoms with Crippen molar-refractivity contribution >= 4 is 0 Å². The van der Waals surface area contributed by atoms with Gasteiger partial charge in [-0.15, -0.1) is 0 Å². The Labute approximate surface area is 130 Å². The van der Waals surface area contributed by atoms with Crippen molar-refractivity contribution in [1.82, 2.24) is 0 Å². The van der Waals surface area contributed by atoms with E-state index in [1.807, 2.05) is 0 Å². The van der Waals surface area contributed by atoms with Crippen LogP contribution in [0.25, 0.3) is 0 Å². The molecule has 0 radical (unpaired) electrons. The Morgan fingerprint density at radius 2 is 0.750 bits per heavy atom. The average Bonchev–Trinajstić information content (AvgIpc) is 2.47. The maximum Gasteiger partial charge on any atom is -0.0389 e. The molecule has 0 fully saturated rings. The Kier molecular flexibility index (Phi) is 9.85. The van der Waals surface area contributed by atoms with Gasteiger partial charge in [-0.25, -0.2) is 0 Å². The Morgan fingerprint density at radius 3 is 1.15 bits per heavy atom. The topological polar surface area (TPSA) is 0 Å². The lowest BCUT2D eigenvalue weighted by molar-refractivity contribution is 0.180. The highest BCUT2D eigenvalue weighted by molar-refractivity contribution is 4.74. The van der Waals surface area contributed by atoms with E-state index in [1.165, 1.54) is 25.7 Å². The first-order valence-electron chi connectivity index (χ1n) is 9.26. The highest BCUT2D eigenvalue weighted by atomic mass is 14.3. The van der Waals surface area contributed by atoms with Crippen LogP contribution >= 0.6 is 0 Å². The van der Waals surface area contributed by atoms with Crippen molar-refractivity contribution in [3.63, 3.8) is 0 Å². The van der Waals surface area contributed by atoms with E-state index in [0.29, 0.717) is 0 Å². The molecule has 7 unspecified atom stereocenters. The average molecular weight is 283 g/mol. The lowest BCUT2D eigenvalue weighted by Crippen LogP contribution is -2.23. The van der Waals surface area contributed by atoms with Crippen molar-refractivity contribution in [2.24, 2.45) is 41.4 Å². The van der Waals surface area contributed by atoms with Crippen LogP contribution in [0.15, 0.2) is 0 Å². The zero-order valence-electron chi connectivity index (χ0n) is 15.9. The van der Waals surface area contributed by atoms with Gasteiger partial charge in [-0.2, -0.15) is 0 Å². The molecule has 0 aromatic heterocycles. The van der Waals surface area contributed by atoms with E-state index in [0.717, 1.165) is 41.4 Å². The molecule has 20 heavy (non-hydrogen) atoms. The van der Waals surface area contributed by atoms with Crippen LogP contribution in [0.3, 0.4) is 0 Å². The second-order valence-electron chi connectivity index (χ2n) is 7.88. The van der Waals surface area contributed by atoms with E-state index in [9.17, 15) is 0 Å². The highest BCUT2D eigenvalue weighted by Gasteiger charge is 2.24. The van der Waals surface area contributed by atoms with Crippen LogP contribution < -0.4 is 0 Å². The summed E-state index contributed by atoms with van der Waals surface area (Å²) in [5, 5.41) is 0. The zero-order valence-corrected chi connectivity index (χ0v) is 15.9. The SMILES string of the molecule is CCC(C)C(C)C(C)CCC(C)C(C)C(C)C(C)CC. The van der Waals surface area contributed by atoms with Crippen LogP contribution in [-0.4, -0.2) is 0 Å². The molecule has 0 aliphatic rings. The summed E-state index contributed by atoms with van der Waals surface area (Å²) in [7, 11) is 0. The van der Waals surface area contributed by atoms with Crippen LogP contribution in [0, 0.1) is 41.4 Å². The Hall–Kier alpha value is 0. The lowest BCUT2D eigenvalue weighted by atomic mass is 9.74. The molecular weight excluding hydrogens is 240 g/mol. The third kappa shape index (κ3) is 6.19. The first-order chi connectivity index (χ1) is 9.26. The fourth-order valence-corrected chi connectivity index (χ4v) is 3.39. The van der Waals surface area contributed by atoms with Gasteiger partial charge in [0.25, 0.3) is 0 Å². The molecule has 0 saturated heterocycles. The molecule has 0 bridgehead atoms. The van der Waals surface area contributed by atoms with Crippen LogP contribution in [0.1, 0.15) is 88.0 Å². The van der Waals surface area contributed by atoms with Crippen LogP contribution in [-0.2, 0) is 0 Å². The zero-order chi connectivity index (χ0) is 15.9. The molecule has 0 heteroatoms. The molecule has 0 saturated carbocycles. The van der Waals surface area contributed by atoms with Gasteiger partial charge in [0.15, 0.2) is 0 Å². The van der Waals surface area contributed by atoms with E-state index < -0.39 is 0 Å². The second-order valence-corrected chi connectivity index (χ2v) is 7.88. The predicted octanol–water partition coefficient (Wildman–Crippen LogP) is 7.04. The second kappa shape index (κ2) is 9.85. The summed E-state index contributed by atoms with van der Waals surface area (Å²) in [6, 6.07) is 0. The minimum Gasteiger partial charge on any atom is -0.0651 e. The summed E-state index contributed by atoms with van der Waals surface area (Å²) in [5.41, 5.74) is 0. The summed E-state index contributed by atoms with van der Waals surface area (Å²) in [4.78, 5) is 0. The van der Waals surface area contributed by atoms with Gasteiger partial charge in [0, 0.05) is 0 Å². The number of hydrogen-bond donors (Lipinski definition) is 0. The molecule has 7 atom stereocenters. The summed E-state index contributed by atoms with van der Waals surface area (Å²) < 4.78 is 0. The monoisotopic (exact) mass is 282 g/mol. The fourth-order valence-electron chi connectivity index (χ4n) is 3.39. The molecule has 0 aliphatic carbocycles. The fraction of sp³-hybridized carbons (Fsp3) is 1.00. The van der Waals surface area contributed by atoms with Crippen molar-refractivity contribution in [3.05, 3.63) is 0 Å². The smallest absolute Gasteiger partial charge is 0.0389 e. The van der Waals surface area contributed by atoms with Gasteiger partial charge in [-0.05, 0) is 41.4 Å². The van der Waals surface area contributed by atoms with Gasteiger partial charge in [0.2, 0.25) is 0 Å². The van der Waals surface area contributed by atoms with Crippen LogP contribution in [0.5, 0.6) is 0 Å². The van der Waals surface area contributed by atoms with Crippen molar-refractivity contribution in [2.45, 2.75) is 88.0 Å². The normalized spacial score (nSPS) is 22.6. The molecule has 0 aliphatic heterocycles. The van der Waals surface area contributed by atoms with E-state index in [2.05, 4.69) is 62.3 Å². The third-order valence-electron chi connectivity index (χ3n) is 6.78. The standard InChI is InChI=1S/C20H42/c1-10-14(3)18(7)16(5)12-13-17(6)20(9)19(8)15(4)11-2/h14-20H,10-13H2,1-9H3. The minimum atomic E-state index is 0.857. The quantitative estimate of drug-likeness (QED) is 0.403. The van der Waals surface area contributed by atoms with Crippen LogP contribution in [0.2, 0.25) is 0 Å². The van der Waals surface area contributed by atoms with Crippen LogP contribution in [0.4, 0.5) is 0 Å².